The lowest BCUT2D eigenvalue weighted by molar-refractivity contribution is 0.135. The van der Waals surface area contributed by atoms with E-state index in [0.29, 0.717) is 11.8 Å². The first kappa shape index (κ1) is 19.5. The van der Waals surface area contributed by atoms with Crippen molar-refractivity contribution in [2.75, 3.05) is 0 Å². The fourth-order valence-corrected chi connectivity index (χ4v) is 4.11. The number of nitrogens with zero attached hydrogens (tertiary/aromatic N) is 2. The molecule has 0 bridgehead atoms. The van der Waals surface area contributed by atoms with Crippen LogP contribution < -0.4 is 0 Å². The Morgan fingerprint density at radius 2 is 1.55 bits per heavy atom. The molecule has 1 unspecified atom stereocenters. The van der Waals surface area contributed by atoms with E-state index in [1.807, 2.05) is 48.6 Å². The van der Waals surface area contributed by atoms with Crippen molar-refractivity contribution in [3.8, 4) is 11.5 Å². The van der Waals surface area contributed by atoms with Crippen molar-refractivity contribution in [1.82, 2.24) is 4.98 Å². The summed E-state index contributed by atoms with van der Waals surface area (Å²) in [5, 5.41) is 0. The number of allylic oxidation sites excluding steroid dienone is 2. The van der Waals surface area contributed by atoms with E-state index in [1.165, 1.54) is 0 Å². The van der Waals surface area contributed by atoms with Crippen LogP contribution in [-0.4, -0.2) is 16.5 Å². The van der Waals surface area contributed by atoms with Crippen LogP contribution in [0.1, 0.15) is 30.0 Å². The molecule has 4 aromatic rings. The first-order valence-electron chi connectivity index (χ1n) is 11.1. The summed E-state index contributed by atoms with van der Waals surface area (Å²) < 4.78 is 12.0. The highest BCUT2D eigenvalue weighted by Gasteiger charge is 2.38. The second-order valence-corrected chi connectivity index (χ2v) is 8.50. The number of ether oxygens (including phenoxy) is 1. The zero-order valence-corrected chi connectivity index (χ0v) is 18.2. The molecular weight excluding hydrogens is 408 g/mol. The van der Waals surface area contributed by atoms with Crippen molar-refractivity contribution < 1.29 is 9.15 Å². The van der Waals surface area contributed by atoms with Gasteiger partial charge in [-0.25, -0.2) is 9.98 Å². The zero-order valence-electron chi connectivity index (χ0n) is 18.2. The third-order valence-corrected chi connectivity index (χ3v) is 6.06. The third kappa shape index (κ3) is 3.70. The van der Waals surface area contributed by atoms with Crippen LogP contribution in [0.2, 0.25) is 0 Å². The molecule has 0 spiro atoms. The molecule has 0 fully saturated rings. The number of oxazole rings is 1. The number of hydrogen-bond acceptors (Lipinski definition) is 4. The van der Waals surface area contributed by atoms with Gasteiger partial charge in [0.05, 0.1) is 5.70 Å². The SMILES string of the molecule is CC12CC=CC=C1N=C(c1ccc(/C=C\c3ccc(-c4nc5ccccc5o4)cc3)cc1)O2. The van der Waals surface area contributed by atoms with E-state index in [9.17, 15) is 0 Å². The number of rotatable bonds is 4. The van der Waals surface area contributed by atoms with Crippen LogP contribution in [0.25, 0.3) is 34.7 Å². The van der Waals surface area contributed by atoms with Gasteiger partial charge in [0.1, 0.15) is 5.52 Å². The molecule has 1 aromatic heterocycles. The number of aliphatic imine (C=N–C) groups is 1. The van der Waals surface area contributed by atoms with E-state index < -0.39 is 0 Å². The lowest BCUT2D eigenvalue weighted by atomic mass is 9.94. The molecule has 0 amide bonds. The maximum absolute atomic E-state index is 6.17. The molecule has 1 atom stereocenters. The lowest BCUT2D eigenvalue weighted by Gasteiger charge is -2.25. The lowest BCUT2D eigenvalue weighted by Crippen LogP contribution is -2.28. The van der Waals surface area contributed by atoms with Crippen molar-refractivity contribution in [2.45, 2.75) is 18.9 Å². The zero-order chi connectivity index (χ0) is 22.3. The number of hydrogen-bond donors (Lipinski definition) is 0. The highest BCUT2D eigenvalue weighted by Crippen LogP contribution is 2.36. The minimum atomic E-state index is -0.341. The van der Waals surface area contributed by atoms with Gasteiger partial charge in [0.15, 0.2) is 11.2 Å². The maximum Gasteiger partial charge on any atom is 0.227 e. The molecule has 0 saturated carbocycles. The molecule has 160 valence electrons. The largest absolute Gasteiger partial charge is 0.464 e. The summed E-state index contributed by atoms with van der Waals surface area (Å²) in [5.41, 5.74) is 6.50. The number of para-hydroxylation sites is 2. The summed E-state index contributed by atoms with van der Waals surface area (Å²) >= 11 is 0. The van der Waals surface area contributed by atoms with Gasteiger partial charge in [0, 0.05) is 17.5 Å². The Balaban J connectivity index is 1.16. The van der Waals surface area contributed by atoms with Crippen molar-refractivity contribution in [3.63, 3.8) is 0 Å². The predicted octanol–water partition coefficient (Wildman–Crippen LogP) is 7.04. The first-order chi connectivity index (χ1) is 16.2. The molecule has 0 radical (unpaired) electrons. The van der Waals surface area contributed by atoms with Gasteiger partial charge in [-0.3, -0.25) is 0 Å². The first-order valence-corrected chi connectivity index (χ1v) is 11.1. The number of aromatic nitrogens is 1. The van der Waals surface area contributed by atoms with Crippen LogP contribution in [0.3, 0.4) is 0 Å². The second kappa shape index (κ2) is 7.75. The van der Waals surface area contributed by atoms with Crippen molar-refractivity contribution in [3.05, 3.63) is 113 Å². The third-order valence-electron chi connectivity index (χ3n) is 6.06. The number of fused-ring (bicyclic) bond motifs is 2. The Morgan fingerprint density at radius 1 is 0.848 bits per heavy atom. The topological polar surface area (TPSA) is 47.6 Å². The van der Waals surface area contributed by atoms with Crippen LogP contribution in [0.15, 0.2) is 106 Å². The van der Waals surface area contributed by atoms with E-state index in [1.54, 1.807) is 0 Å². The molecule has 3 aromatic carbocycles. The van der Waals surface area contributed by atoms with Crippen LogP contribution in [0.4, 0.5) is 0 Å². The summed E-state index contributed by atoms with van der Waals surface area (Å²) in [4.78, 5) is 9.26. The van der Waals surface area contributed by atoms with E-state index in [2.05, 4.69) is 66.5 Å². The normalized spacial score (nSPS) is 19.4. The summed E-state index contributed by atoms with van der Waals surface area (Å²) in [6.07, 6.45) is 11.2. The molecule has 4 nitrogen and oxygen atoms in total. The average Bonchev–Trinajstić information content (AvgIpc) is 3.44. The minimum Gasteiger partial charge on any atom is -0.464 e. The average molecular weight is 431 g/mol. The maximum atomic E-state index is 6.17. The highest BCUT2D eigenvalue weighted by atomic mass is 16.5. The molecule has 2 heterocycles. The fourth-order valence-electron chi connectivity index (χ4n) is 4.11. The van der Waals surface area contributed by atoms with Gasteiger partial charge in [0.25, 0.3) is 0 Å². The van der Waals surface area contributed by atoms with E-state index in [0.717, 1.165) is 45.5 Å². The molecule has 0 N–H and O–H groups in total. The molecule has 6 rings (SSSR count). The Morgan fingerprint density at radius 3 is 2.24 bits per heavy atom. The van der Waals surface area contributed by atoms with Crippen LogP contribution in [0.5, 0.6) is 0 Å². The van der Waals surface area contributed by atoms with Gasteiger partial charge in [-0.15, -0.1) is 0 Å². The Bertz CT molecular complexity index is 1420. The Labute approximate surface area is 192 Å². The van der Waals surface area contributed by atoms with E-state index in [4.69, 9.17) is 14.1 Å². The van der Waals surface area contributed by atoms with Crippen LogP contribution >= 0.6 is 0 Å². The van der Waals surface area contributed by atoms with Crippen molar-refractivity contribution >= 4 is 29.1 Å². The molecule has 1 aliphatic carbocycles. The highest BCUT2D eigenvalue weighted by molar-refractivity contribution is 5.97. The standard InChI is InChI=1S/C29H22N2O2/c1-29-19-5-4-8-26(29)31-28(33-29)23-17-13-21(14-18-23)10-9-20-11-15-22(16-12-20)27-30-24-6-2-3-7-25(24)32-27/h2-18H,19H2,1H3/b10-9-. The van der Waals surface area contributed by atoms with Crippen molar-refractivity contribution in [2.24, 2.45) is 4.99 Å². The molecule has 4 heteroatoms. The molecule has 1 aliphatic heterocycles. The van der Waals surface area contributed by atoms with Crippen molar-refractivity contribution in [1.29, 1.82) is 0 Å². The predicted molar refractivity (Wildman–Crippen MR) is 133 cm³/mol. The van der Waals surface area contributed by atoms with Gasteiger partial charge >= 0.3 is 0 Å². The number of benzene rings is 3. The second-order valence-electron chi connectivity index (χ2n) is 8.50. The monoisotopic (exact) mass is 430 g/mol. The van der Waals surface area contributed by atoms with Gasteiger partial charge in [-0.05, 0) is 60.5 Å². The Hall–Kier alpha value is -4.18. The summed E-state index contributed by atoms with van der Waals surface area (Å²) in [5.74, 6) is 1.33. The summed E-state index contributed by atoms with van der Waals surface area (Å²) in [6.45, 7) is 2.09. The molecule has 2 aliphatic rings. The Kier molecular flexibility index (Phi) is 4.58. The van der Waals surface area contributed by atoms with Gasteiger partial charge in [0.2, 0.25) is 11.8 Å². The smallest absolute Gasteiger partial charge is 0.227 e. The van der Waals surface area contributed by atoms with Crippen LogP contribution in [-0.2, 0) is 4.74 Å². The van der Waals surface area contributed by atoms with E-state index >= 15 is 0 Å². The molecular formula is C29H22N2O2. The van der Waals surface area contributed by atoms with Gasteiger partial charge in [-0.1, -0.05) is 60.7 Å². The van der Waals surface area contributed by atoms with Crippen LogP contribution in [0, 0.1) is 0 Å². The molecule has 33 heavy (non-hydrogen) atoms. The van der Waals surface area contributed by atoms with Gasteiger partial charge < -0.3 is 9.15 Å². The minimum absolute atomic E-state index is 0.341. The summed E-state index contributed by atoms with van der Waals surface area (Å²) in [7, 11) is 0. The van der Waals surface area contributed by atoms with Gasteiger partial charge in [-0.2, -0.15) is 0 Å². The summed E-state index contributed by atoms with van der Waals surface area (Å²) in [6, 6.07) is 24.3. The van der Waals surface area contributed by atoms with E-state index in [-0.39, 0.29) is 5.60 Å². The molecule has 0 saturated heterocycles. The fraction of sp³-hybridized carbons (Fsp3) is 0.103. The quantitative estimate of drug-likeness (QED) is 0.326.